The Labute approximate surface area is 172 Å². The van der Waals surface area contributed by atoms with E-state index in [1.54, 1.807) is 0 Å². The summed E-state index contributed by atoms with van der Waals surface area (Å²) in [5.74, 6) is 3.08. The lowest BCUT2D eigenvalue weighted by Crippen LogP contribution is -2.24. The van der Waals surface area contributed by atoms with Crippen LogP contribution in [0.4, 0.5) is 0 Å². The maximum Gasteiger partial charge on any atom is 0.338 e. The summed E-state index contributed by atoms with van der Waals surface area (Å²) in [6.45, 7) is 6.98. The van der Waals surface area contributed by atoms with Crippen molar-refractivity contribution in [2.24, 2.45) is 17.8 Å². The Morgan fingerprint density at radius 3 is 2.21 bits per heavy atom. The topological polar surface area (TPSA) is 26.3 Å². The van der Waals surface area contributed by atoms with Crippen LogP contribution in [0.5, 0.6) is 0 Å². The zero-order valence-corrected chi connectivity index (χ0v) is 18.3. The lowest BCUT2D eigenvalue weighted by molar-refractivity contribution is 0.0161. The third kappa shape index (κ3) is 5.61. The van der Waals surface area contributed by atoms with Gasteiger partial charge in [0, 0.05) is 0 Å². The van der Waals surface area contributed by atoms with Crippen LogP contribution in [0.15, 0.2) is 24.3 Å². The molecule has 0 amide bonds. The van der Waals surface area contributed by atoms with Crippen LogP contribution in [0.1, 0.15) is 113 Å². The Morgan fingerprint density at radius 2 is 1.61 bits per heavy atom. The fourth-order valence-corrected chi connectivity index (χ4v) is 5.62. The average Bonchev–Trinajstić information content (AvgIpc) is 2.71. The van der Waals surface area contributed by atoms with E-state index in [0.717, 1.165) is 30.6 Å². The van der Waals surface area contributed by atoms with E-state index >= 15 is 0 Å². The van der Waals surface area contributed by atoms with Crippen molar-refractivity contribution in [2.45, 2.75) is 103 Å². The van der Waals surface area contributed by atoms with E-state index in [-0.39, 0.29) is 12.1 Å². The molecule has 2 fully saturated rings. The van der Waals surface area contributed by atoms with Gasteiger partial charge in [-0.2, -0.15) is 0 Å². The molecule has 1 aromatic rings. The van der Waals surface area contributed by atoms with Crippen molar-refractivity contribution in [2.75, 3.05) is 0 Å². The second-order valence-electron chi connectivity index (χ2n) is 9.49. The number of esters is 1. The molecule has 2 aliphatic carbocycles. The molecule has 1 aromatic carbocycles. The maximum atomic E-state index is 12.6. The molecule has 3 atom stereocenters. The van der Waals surface area contributed by atoms with Crippen molar-refractivity contribution >= 4 is 5.97 Å². The van der Waals surface area contributed by atoms with E-state index < -0.39 is 0 Å². The summed E-state index contributed by atoms with van der Waals surface area (Å²) in [4.78, 5) is 12.6. The first-order chi connectivity index (χ1) is 13.6. The van der Waals surface area contributed by atoms with Gasteiger partial charge in [-0.3, -0.25) is 0 Å². The summed E-state index contributed by atoms with van der Waals surface area (Å²) in [6, 6.07) is 8.32. The monoisotopic (exact) mass is 384 g/mol. The van der Waals surface area contributed by atoms with Gasteiger partial charge in [-0.25, -0.2) is 4.79 Å². The highest BCUT2D eigenvalue weighted by atomic mass is 16.5. The van der Waals surface area contributed by atoms with Gasteiger partial charge in [0.25, 0.3) is 0 Å². The molecule has 156 valence electrons. The van der Waals surface area contributed by atoms with Gasteiger partial charge in [0.05, 0.1) is 5.56 Å². The molecular formula is C26H40O2. The maximum absolute atomic E-state index is 12.6. The minimum atomic E-state index is -0.134. The number of carbonyl (C=O) groups is 1. The van der Waals surface area contributed by atoms with E-state index in [0.29, 0.717) is 11.5 Å². The summed E-state index contributed by atoms with van der Waals surface area (Å²) in [5.41, 5.74) is 2.12. The van der Waals surface area contributed by atoms with Gasteiger partial charge in [0.1, 0.15) is 6.10 Å². The molecule has 0 bridgehead atoms. The zero-order valence-electron chi connectivity index (χ0n) is 18.3. The number of benzene rings is 1. The highest BCUT2D eigenvalue weighted by molar-refractivity contribution is 5.89. The van der Waals surface area contributed by atoms with E-state index in [1.807, 2.05) is 12.1 Å². The average molecular weight is 385 g/mol. The summed E-state index contributed by atoms with van der Waals surface area (Å²) in [6.07, 6.45) is 13.8. The van der Waals surface area contributed by atoms with E-state index in [1.165, 1.54) is 63.4 Å². The van der Waals surface area contributed by atoms with Gasteiger partial charge in [0.15, 0.2) is 0 Å². The van der Waals surface area contributed by atoms with Gasteiger partial charge in [0.2, 0.25) is 0 Å². The number of rotatable bonds is 7. The molecule has 2 aliphatic rings. The van der Waals surface area contributed by atoms with Crippen molar-refractivity contribution in [1.29, 1.82) is 0 Å². The third-order valence-corrected chi connectivity index (χ3v) is 7.39. The number of ether oxygens (including phenoxy) is 1. The molecular weight excluding hydrogens is 344 g/mol. The van der Waals surface area contributed by atoms with Crippen LogP contribution in [-0.2, 0) is 4.74 Å². The van der Waals surface area contributed by atoms with Gasteiger partial charge in [-0.1, -0.05) is 58.6 Å². The fraction of sp³-hybridized carbons (Fsp3) is 0.731. The zero-order chi connectivity index (χ0) is 19.9. The number of hydrogen-bond donors (Lipinski definition) is 0. The van der Waals surface area contributed by atoms with Crippen molar-refractivity contribution in [3.8, 4) is 0 Å². The molecule has 0 aliphatic heterocycles. The lowest BCUT2D eigenvalue weighted by atomic mass is 9.71. The summed E-state index contributed by atoms with van der Waals surface area (Å²) in [5, 5.41) is 0. The van der Waals surface area contributed by atoms with Crippen LogP contribution in [-0.4, -0.2) is 12.1 Å². The Bertz CT molecular complexity index is 597. The SMILES string of the molecule is CCCC1CCC(OC(=O)c2ccc([C@H]3CC[C@@H](CCC)[C@H](C)C3)cc2)CC1. The van der Waals surface area contributed by atoms with Gasteiger partial charge in [-0.05, 0) is 86.3 Å². The van der Waals surface area contributed by atoms with Crippen LogP contribution in [0.3, 0.4) is 0 Å². The van der Waals surface area contributed by atoms with E-state index in [2.05, 4.69) is 32.9 Å². The van der Waals surface area contributed by atoms with Crippen molar-refractivity contribution < 1.29 is 9.53 Å². The number of carbonyl (C=O) groups excluding carboxylic acids is 1. The Kier molecular flexibility index (Phi) is 8.00. The molecule has 2 saturated carbocycles. The van der Waals surface area contributed by atoms with Crippen molar-refractivity contribution in [3.63, 3.8) is 0 Å². The van der Waals surface area contributed by atoms with Crippen LogP contribution in [0.25, 0.3) is 0 Å². The predicted molar refractivity (Wildman–Crippen MR) is 117 cm³/mol. The predicted octanol–water partition coefficient (Wildman–Crippen LogP) is 7.52. The molecule has 2 nitrogen and oxygen atoms in total. The standard InChI is InChI=1S/C26H40O2/c1-4-6-20-8-16-25(17-9-20)28-26(27)23-13-11-22(12-14-23)24-15-10-21(7-5-2)19(3)18-24/h11-14,19-21,24-25H,4-10,15-18H2,1-3H3/t19-,20?,21-,24+,25?/m1/s1. The first-order valence-corrected chi connectivity index (χ1v) is 11.9. The summed E-state index contributed by atoms with van der Waals surface area (Å²) >= 11 is 0. The first-order valence-electron chi connectivity index (χ1n) is 11.9. The third-order valence-electron chi connectivity index (χ3n) is 7.39. The molecule has 0 spiro atoms. The molecule has 0 aromatic heterocycles. The molecule has 0 N–H and O–H groups in total. The molecule has 0 heterocycles. The van der Waals surface area contributed by atoms with Crippen LogP contribution < -0.4 is 0 Å². The van der Waals surface area contributed by atoms with Gasteiger partial charge in [-0.15, -0.1) is 0 Å². The normalized spacial score (nSPS) is 30.8. The molecule has 0 radical (unpaired) electrons. The minimum Gasteiger partial charge on any atom is -0.459 e. The summed E-state index contributed by atoms with van der Waals surface area (Å²) in [7, 11) is 0. The lowest BCUT2D eigenvalue weighted by Gasteiger charge is -2.34. The summed E-state index contributed by atoms with van der Waals surface area (Å²) < 4.78 is 5.81. The van der Waals surface area contributed by atoms with Crippen molar-refractivity contribution in [3.05, 3.63) is 35.4 Å². The molecule has 28 heavy (non-hydrogen) atoms. The van der Waals surface area contributed by atoms with Crippen LogP contribution in [0.2, 0.25) is 0 Å². The second-order valence-corrected chi connectivity index (χ2v) is 9.49. The van der Waals surface area contributed by atoms with Crippen LogP contribution in [0, 0.1) is 17.8 Å². The first kappa shape index (κ1) is 21.4. The molecule has 3 rings (SSSR count). The molecule has 0 saturated heterocycles. The Morgan fingerprint density at radius 1 is 0.929 bits per heavy atom. The largest absolute Gasteiger partial charge is 0.459 e. The molecule has 0 unspecified atom stereocenters. The quantitative estimate of drug-likeness (QED) is 0.454. The number of hydrogen-bond acceptors (Lipinski definition) is 2. The van der Waals surface area contributed by atoms with E-state index in [4.69, 9.17) is 4.74 Å². The highest BCUT2D eigenvalue weighted by Gasteiger charge is 2.28. The smallest absolute Gasteiger partial charge is 0.338 e. The second kappa shape index (κ2) is 10.5. The Balaban J connectivity index is 1.50. The fourth-order valence-electron chi connectivity index (χ4n) is 5.62. The van der Waals surface area contributed by atoms with Crippen LogP contribution >= 0.6 is 0 Å². The van der Waals surface area contributed by atoms with Gasteiger partial charge >= 0.3 is 5.97 Å². The molecule has 2 heteroatoms. The highest BCUT2D eigenvalue weighted by Crippen LogP contribution is 2.41. The van der Waals surface area contributed by atoms with Gasteiger partial charge < -0.3 is 4.74 Å². The van der Waals surface area contributed by atoms with Crippen molar-refractivity contribution in [1.82, 2.24) is 0 Å². The minimum absolute atomic E-state index is 0.120. The Hall–Kier alpha value is -1.31. The van der Waals surface area contributed by atoms with E-state index in [9.17, 15) is 4.79 Å².